The molecule has 7 amide bonds. The van der Waals surface area contributed by atoms with Crippen LogP contribution < -0.4 is 54.4 Å². The zero-order valence-corrected chi connectivity index (χ0v) is 39.0. The van der Waals surface area contributed by atoms with Crippen molar-refractivity contribution in [2.75, 3.05) is 32.8 Å². The number of benzene rings is 2. The second-order valence-corrected chi connectivity index (χ2v) is 17.5. The van der Waals surface area contributed by atoms with Crippen LogP contribution in [0.1, 0.15) is 49.7 Å². The van der Waals surface area contributed by atoms with Crippen molar-refractivity contribution in [3.05, 3.63) is 71.8 Å². The third-order valence-corrected chi connectivity index (χ3v) is 11.2. The van der Waals surface area contributed by atoms with Crippen LogP contribution in [0.5, 0.6) is 0 Å². The lowest BCUT2D eigenvalue weighted by Gasteiger charge is -2.30. The van der Waals surface area contributed by atoms with Gasteiger partial charge in [-0.3, -0.25) is 48.5 Å². The molecule has 0 radical (unpaired) electrons. The van der Waals surface area contributed by atoms with Gasteiger partial charge >= 0.3 is 20.1 Å². The molecular weight excluding hydrogens is 945 g/mol. The highest BCUT2D eigenvalue weighted by molar-refractivity contribution is 7.53. The van der Waals surface area contributed by atoms with Crippen molar-refractivity contribution in [2.45, 2.75) is 99.9 Å². The van der Waals surface area contributed by atoms with Gasteiger partial charge in [-0.25, -0.2) is 0 Å². The third-order valence-electron chi connectivity index (χ3n) is 10.7. The van der Waals surface area contributed by atoms with E-state index in [4.69, 9.17) is 16.6 Å². The molecule has 1 aliphatic heterocycles. The molecule has 7 atom stereocenters. The molecule has 70 heavy (non-hydrogen) atoms. The third kappa shape index (κ3) is 20.8. The number of rotatable bonds is 30. The number of amides is 7. The summed E-state index contributed by atoms with van der Waals surface area (Å²) < 4.78 is 4.68. The Kier molecular flexibility index (Phi) is 24.1. The summed E-state index contributed by atoms with van der Waals surface area (Å²) in [5, 5.41) is 45.7. The number of hydrogen-bond acceptors (Lipinski definition) is 17. The quantitative estimate of drug-likeness (QED) is 0.0197. The number of quaternary nitrogens is 1. The van der Waals surface area contributed by atoms with E-state index in [2.05, 4.69) is 47.5 Å². The lowest BCUT2D eigenvalue weighted by atomic mass is 10.0. The number of aliphatic hydroxyl groups is 1. The molecule has 1 saturated heterocycles. The minimum Gasteiger partial charge on any atom is -0.481 e. The van der Waals surface area contributed by atoms with E-state index < -0.39 is 143 Å². The van der Waals surface area contributed by atoms with E-state index >= 15 is 0 Å². The topological polar surface area (TPSA) is 451 Å². The Bertz CT molecular complexity index is 2090. The number of aliphatic carboxylic acids is 2. The number of nitrogens with zero attached hydrogens (tertiary/aromatic N) is 1. The Hall–Kier alpha value is -6.26. The van der Waals surface area contributed by atoms with E-state index in [1.54, 1.807) is 60.7 Å². The molecule has 20 N–H and O–H groups in total. The molecular formula is C42H64N11O16P+2. The molecule has 0 saturated carbocycles. The maximum Gasteiger partial charge on any atom is 0.567 e. The predicted octanol–water partition coefficient (Wildman–Crippen LogP) is -6.20. The van der Waals surface area contributed by atoms with Gasteiger partial charge in [-0.15, -0.1) is 0 Å². The van der Waals surface area contributed by atoms with Gasteiger partial charge in [0.2, 0.25) is 35.4 Å². The monoisotopic (exact) mass is 1010 g/mol. The van der Waals surface area contributed by atoms with E-state index in [1.165, 1.54) is 0 Å². The Morgan fingerprint density at radius 1 is 0.700 bits per heavy atom. The number of carboxylic acid groups (broad SMARTS) is 2. The molecule has 0 aromatic heterocycles. The van der Waals surface area contributed by atoms with Crippen LogP contribution in [0.4, 0.5) is 0 Å². The van der Waals surface area contributed by atoms with Crippen molar-refractivity contribution in [3.8, 4) is 0 Å². The fraction of sp³-hybridized carbons (Fsp3) is 0.500. The first kappa shape index (κ1) is 58.1. The van der Waals surface area contributed by atoms with Crippen molar-refractivity contribution in [1.29, 1.82) is 0 Å². The van der Waals surface area contributed by atoms with Crippen LogP contribution in [0.15, 0.2) is 60.7 Å². The first-order chi connectivity index (χ1) is 33.1. The lowest BCUT2D eigenvalue weighted by Crippen LogP contribution is -2.69. The summed E-state index contributed by atoms with van der Waals surface area (Å²) in [6.45, 7) is -2.57. The highest BCUT2D eigenvalue weighted by Gasteiger charge is 2.42. The second-order valence-electron chi connectivity index (χ2n) is 16.2. The van der Waals surface area contributed by atoms with Gasteiger partial charge in [-0.2, -0.15) is 19.2 Å². The van der Waals surface area contributed by atoms with Gasteiger partial charge in [0.05, 0.1) is 6.61 Å². The Labute approximate surface area is 402 Å². The van der Waals surface area contributed by atoms with Gasteiger partial charge in [0.15, 0.2) is 6.04 Å². The zero-order chi connectivity index (χ0) is 52.0. The summed E-state index contributed by atoms with van der Waals surface area (Å²) in [5.41, 5.74) is 15.8. The summed E-state index contributed by atoms with van der Waals surface area (Å²) in [4.78, 5) is 149. The SMILES string of the molecule is NC(N)NCCC[C@H]([NH3+])C(=O)N[C@@H](CO)C(=O)N[C@@H](Cc1ccccc1)C(=O)N[C@@H](CO[P+](O)(O)O)C(=O)N[C@@H](CCC(=O)O)C(=O)N1CCC[C@H]1C(=O)N[C@@H](Cc1ccccc1)C(=O)NCC(=O)O. The normalized spacial score (nSPS) is 16.1. The molecule has 28 heteroatoms. The average molecular weight is 1010 g/mol. The minimum absolute atomic E-state index is 0.0571. The van der Waals surface area contributed by atoms with Gasteiger partial charge in [0, 0.05) is 32.2 Å². The number of nitrogens with one attached hydrogen (secondary N) is 7. The maximum atomic E-state index is 14.2. The van der Waals surface area contributed by atoms with Crippen LogP contribution in [-0.2, 0) is 60.5 Å². The maximum absolute atomic E-state index is 14.2. The van der Waals surface area contributed by atoms with Crippen LogP contribution in [0.25, 0.3) is 0 Å². The first-order valence-electron chi connectivity index (χ1n) is 22.1. The highest BCUT2D eigenvalue weighted by atomic mass is 31.2. The number of nitrogens with two attached hydrogens (primary N) is 2. The molecule has 0 spiro atoms. The minimum atomic E-state index is -5.12. The molecule has 27 nitrogen and oxygen atoms in total. The summed E-state index contributed by atoms with van der Waals surface area (Å²) >= 11 is 0. The Morgan fingerprint density at radius 3 is 1.77 bits per heavy atom. The van der Waals surface area contributed by atoms with Crippen LogP contribution >= 0.6 is 8.17 Å². The predicted molar refractivity (Wildman–Crippen MR) is 245 cm³/mol. The van der Waals surface area contributed by atoms with Crippen LogP contribution in [0.2, 0.25) is 0 Å². The molecule has 3 rings (SSSR count). The Morgan fingerprint density at radius 2 is 1.23 bits per heavy atom. The van der Waals surface area contributed by atoms with Crippen LogP contribution in [0.3, 0.4) is 0 Å². The van der Waals surface area contributed by atoms with Gasteiger partial charge in [0.25, 0.3) is 5.91 Å². The molecule has 1 aliphatic rings. The average Bonchev–Trinajstić information content (AvgIpc) is 3.81. The second kappa shape index (κ2) is 29.0. The molecule has 0 bridgehead atoms. The number of carbonyl (C=O) groups is 9. The molecule has 1 fully saturated rings. The van der Waals surface area contributed by atoms with Crippen LogP contribution in [0, 0.1) is 0 Å². The van der Waals surface area contributed by atoms with Crippen LogP contribution in [-0.4, -0.2) is 170 Å². The molecule has 1 heterocycles. The number of carboxylic acids is 2. The van der Waals surface area contributed by atoms with Crippen molar-refractivity contribution in [3.63, 3.8) is 0 Å². The van der Waals surface area contributed by atoms with Crippen molar-refractivity contribution in [2.24, 2.45) is 11.5 Å². The number of hydrogen-bond donors (Lipinski definition) is 16. The number of carbonyl (C=O) groups excluding carboxylic acids is 7. The molecule has 2 aromatic carbocycles. The lowest BCUT2D eigenvalue weighted by molar-refractivity contribution is -0.405. The smallest absolute Gasteiger partial charge is 0.481 e. The van der Waals surface area contributed by atoms with Gasteiger partial charge in [-0.05, 0) is 43.4 Å². The van der Waals surface area contributed by atoms with Crippen molar-refractivity contribution in [1.82, 2.24) is 42.1 Å². The number of aliphatic hydroxyl groups excluding tert-OH is 1. The number of likely N-dealkylation sites (tertiary alicyclic amines) is 1. The largest absolute Gasteiger partial charge is 0.567 e. The summed E-state index contributed by atoms with van der Waals surface area (Å²) in [7, 11) is -5.12. The standard InChI is InChI=1S/C42H62N11O16P/c43-26(13-7-17-46-42(44)45)35(59)51-30(22-54)38(62)49-29(20-25-11-5-2-6-12-25)37(61)52-31(23-69-70(66,67)68)39(63)48-27(15-16-33(55)56)41(65)53-18-8-14-32(53)40(64)50-28(36(60)47-21-34(57)58)19-24-9-3-1-4-10-24/h1-6,9-12,26-32,42,46,54,66-68H,7-8,13-23,43-45H2,(H7-,47,48,49,50,51,52,55,56,57,58,59,60,61,62,63,64)/p+2/t26-,27-,28-,29-,30-,31-,32-/m0/s1. The molecule has 2 aromatic rings. The fourth-order valence-corrected chi connectivity index (χ4v) is 7.46. The van der Waals surface area contributed by atoms with E-state index in [9.17, 15) is 68.0 Å². The molecule has 386 valence electrons. The van der Waals surface area contributed by atoms with Crippen molar-refractivity contribution >= 4 is 61.5 Å². The Balaban J connectivity index is 1.87. The van der Waals surface area contributed by atoms with E-state index in [0.717, 1.165) is 4.90 Å². The van der Waals surface area contributed by atoms with E-state index in [-0.39, 0.29) is 38.6 Å². The highest BCUT2D eigenvalue weighted by Crippen LogP contribution is 2.45. The van der Waals surface area contributed by atoms with Crippen molar-refractivity contribution < 1.29 is 83.4 Å². The van der Waals surface area contributed by atoms with E-state index in [0.29, 0.717) is 24.1 Å². The van der Waals surface area contributed by atoms with Gasteiger partial charge in [-0.1, -0.05) is 60.7 Å². The van der Waals surface area contributed by atoms with Gasteiger partial charge in [0.1, 0.15) is 55.7 Å². The summed E-state index contributed by atoms with van der Waals surface area (Å²) in [6.07, 6.45) is -1.45. The molecule has 0 unspecified atom stereocenters. The first-order valence-corrected chi connectivity index (χ1v) is 23.7. The summed E-state index contributed by atoms with van der Waals surface area (Å²) in [5.74, 6) is -9.55. The fourth-order valence-electron chi connectivity index (χ4n) is 7.11. The molecule has 0 aliphatic carbocycles. The van der Waals surface area contributed by atoms with E-state index in [1.807, 2.05) is 0 Å². The zero-order valence-electron chi connectivity index (χ0n) is 38.1. The summed E-state index contributed by atoms with van der Waals surface area (Å²) in [6, 6.07) is 6.13. The van der Waals surface area contributed by atoms with Gasteiger partial charge < -0.3 is 69.3 Å².